The molecule has 0 radical (unpaired) electrons. The summed E-state index contributed by atoms with van der Waals surface area (Å²) < 4.78 is 27.3. The molecule has 12 heteroatoms. The van der Waals surface area contributed by atoms with Crippen molar-refractivity contribution in [2.75, 3.05) is 13.1 Å². The number of sulfonamides is 1. The highest BCUT2D eigenvalue weighted by Crippen LogP contribution is 2.22. The molecule has 10 nitrogen and oxygen atoms in total. The van der Waals surface area contributed by atoms with Crippen molar-refractivity contribution in [1.29, 1.82) is 0 Å². The Labute approximate surface area is 232 Å². The number of carbonyl (C=O) groups excluding carboxylic acids is 3. The van der Waals surface area contributed by atoms with Crippen molar-refractivity contribution in [2.45, 2.75) is 50.1 Å². The summed E-state index contributed by atoms with van der Waals surface area (Å²) in [7, 11) is -3.94. The lowest BCUT2D eigenvalue weighted by molar-refractivity contribution is -0.129. The third-order valence-electron chi connectivity index (χ3n) is 6.38. The van der Waals surface area contributed by atoms with E-state index in [9.17, 15) is 22.8 Å². The summed E-state index contributed by atoms with van der Waals surface area (Å²) in [5.74, 6) is -1.44. The summed E-state index contributed by atoms with van der Waals surface area (Å²) >= 11 is 5.96. The number of aromatic nitrogens is 2. The fourth-order valence-corrected chi connectivity index (χ4v) is 6.15. The minimum absolute atomic E-state index is 0.00165. The number of Topliss-reactive ketones (excluding diaryl/α,β-unsaturated/α-hetero) is 1. The molecule has 1 saturated heterocycles. The zero-order valence-corrected chi connectivity index (χ0v) is 23.2. The minimum atomic E-state index is -3.94. The number of para-hydroxylation sites is 2. The molecule has 1 fully saturated rings. The van der Waals surface area contributed by atoms with Crippen LogP contribution in [0.25, 0.3) is 11.0 Å². The van der Waals surface area contributed by atoms with E-state index in [1.807, 2.05) is 19.9 Å². The number of fused-ring (bicyclic) bond motifs is 1. The molecule has 2 atom stereocenters. The number of halogens is 1. The number of ketones is 1. The molecular weight excluding hydrogens is 542 g/mol. The van der Waals surface area contributed by atoms with Gasteiger partial charge in [-0.15, -0.1) is 0 Å². The maximum absolute atomic E-state index is 13.3. The van der Waals surface area contributed by atoms with E-state index in [1.54, 1.807) is 24.3 Å². The number of hydrogen-bond acceptors (Lipinski definition) is 7. The van der Waals surface area contributed by atoms with E-state index in [-0.39, 0.29) is 41.0 Å². The monoisotopic (exact) mass is 571 g/mol. The third-order valence-corrected chi connectivity index (χ3v) is 8.46. The Hall–Kier alpha value is -3.41. The van der Waals surface area contributed by atoms with Gasteiger partial charge in [0, 0.05) is 11.6 Å². The molecule has 4 rings (SSSR count). The summed E-state index contributed by atoms with van der Waals surface area (Å²) in [6.45, 7) is 3.57. The number of amides is 2. The number of nitrogens with zero attached hydrogens (tertiary/aromatic N) is 3. The van der Waals surface area contributed by atoms with E-state index >= 15 is 0 Å². The number of rotatable bonds is 8. The van der Waals surface area contributed by atoms with Crippen LogP contribution in [0.1, 0.15) is 43.6 Å². The van der Waals surface area contributed by atoms with Gasteiger partial charge in [0.2, 0.25) is 15.9 Å². The second-order valence-electron chi connectivity index (χ2n) is 9.87. The van der Waals surface area contributed by atoms with Crippen molar-refractivity contribution in [3.63, 3.8) is 0 Å². The van der Waals surface area contributed by atoms with Crippen molar-refractivity contribution < 1.29 is 22.8 Å². The molecule has 206 valence electrons. The first kappa shape index (κ1) is 28.6. The summed E-state index contributed by atoms with van der Waals surface area (Å²) in [5.41, 5.74) is 1.27. The molecule has 0 bridgehead atoms. The van der Waals surface area contributed by atoms with Gasteiger partial charge in [-0.2, -0.15) is 4.31 Å². The van der Waals surface area contributed by atoms with E-state index < -0.39 is 39.7 Å². The normalized spacial score (nSPS) is 17.5. The van der Waals surface area contributed by atoms with Crippen LogP contribution >= 0.6 is 11.6 Å². The Kier molecular flexibility index (Phi) is 8.94. The van der Waals surface area contributed by atoms with E-state index in [0.29, 0.717) is 23.9 Å². The van der Waals surface area contributed by atoms with Crippen LogP contribution in [-0.2, 0) is 19.6 Å². The van der Waals surface area contributed by atoms with Crippen LogP contribution in [0.4, 0.5) is 0 Å². The first-order chi connectivity index (χ1) is 18.5. The molecule has 2 amide bonds. The van der Waals surface area contributed by atoms with E-state index in [1.165, 1.54) is 24.4 Å². The molecule has 0 spiro atoms. The fraction of sp³-hybridized carbons (Fsp3) is 0.370. The zero-order valence-electron chi connectivity index (χ0n) is 21.6. The Balaban J connectivity index is 1.45. The highest BCUT2D eigenvalue weighted by molar-refractivity contribution is 7.89. The predicted octanol–water partition coefficient (Wildman–Crippen LogP) is 2.97. The number of nitrogens with one attached hydrogen (secondary N) is 2. The molecule has 1 aliphatic heterocycles. The van der Waals surface area contributed by atoms with Crippen molar-refractivity contribution >= 4 is 50.3 Å². The second kappa shape index (κ2) is 12.2. The molecule has 0 saturated carbocycles. The first-order valence-corrected chi connectivity index (χ1v) is 14.5. The molecule has 39 heavy (non-hydrogen) atoms. The van der Waals surface area contributed by atoms with Crippen molar-refractivity contribution in [2.24, 2.45) is 5.92 Å². The van der Waals surface area contributed by atoms with Crippen LogP contribution in [-0.4, -0.2) is 65.5 Å². The second-order valence-corrected chi connectivity index (χ2v) is 12.2. The molecule has 1 aromatic heterocycles. The number of hydrogen-bond donors (Lipinski definition) is 2. The van der Waals surface area contributed by atoms with Crippen LogP contribution in [0.3, 0.4) is 0 Å². The molecule has 2 aromatic carbocycles. The maximum atomic E-state index is 13.3. The third kappa shape index (κ3) is 6.97. The molecular formula is C27H30ClN5O5S. The highest BCUT2D eigenvalue weighted by Gasteiger charge is 2.34. The van der Waals surface area contributed by atoms with Gasteiger partial charge in [-0.05, 0) is 55.5 Å². The van der Waals surface area contributed by atoms with Gasteiger partial charge < -0.3 is 10.6 Å². The van der Waals surface area contributed by atoms with Crippen LogP contribution in [0.5, 0.6) is 0 Å². The summed E-state index contributed by atoms with van der Waals surface area (Å²) in [6.07, 6.45) is 2.32. The lowest BCUT2D eigenvalue weighted by atomic mass is 10.0. The largest absolute Gasteiger partial charge is 0.344 e. The molecule has 2 heterocycles. The van der Waals surface area contributed by atoms with Crippen molar-refractivity contribution in [1.82, 2.24) is 24.9 Å². The number of benzene rings is 2. The standard InChI is InChI=1S/C27H30ClN5O5S/c1-17(2)13-23(32-27(36)24-15-29-20-9-3-4-10-21(20)30-24)26(35)31-22-11-6-12-33(16-25(22)34)39(37,38)19-8-5-7-18(28)14-19/h3-5,7-10,14-15,17,22-23H,6,11-13,16H2,1-2H3,(H,31,35)(H,32,36)/t22?,23-/m0/s1. The van der Waals surface area contributed by atoms with Gasteiger partial charge in [0.05, 0.1) is 34.7 Å². The molecule has 2 N–H and O–H groups in total. The lowest BCUT2D eigenvalue weighted by Gasteiger charge is -2.23. The van der Waals surface area contributed by atoms with Gasteiger partial charge >= 0.3 is 0 Å². The Morgan fingerprint density at radius 2 is 1.87 bits per heavy atom. The smallest absolute Gasteiger partial charge is 0.272 e. The van der Waals surface area contributed by atoms with Crippen molar-refractivity contribution in [3.05, 3.63) is 65.4 Å². The summed E-state index contributed by atoms with van der Waals surface area (Å²) in [6, 6.07) is 11.2. The average Bonchev–Trinajstić information content (AvgIpc) is 3.09. The highest BCUT2D eigenvalue weighted by atomic mass is 35.5. The predicted molar refractivity (Wildman–Crippen MR) is 147 cm³/mol. The van der Waals surface area contributed by atoms with E-state index in [4.69, 9.17) is 11.6 Å². The first-order valence-electron chi connectivity index (χ1n) is 12.7. The maximum Gasteiger partial charge on any atom is 0.272 e. The van der Waals surface area contributed by atoms with Gasteiger partial charge in [0.25, 0.3) is 5.91 Å². The lowest BCUT2D eigenvalue weighted by Crippen LogP contribution is -2.52. The van der Waals surface area contributed by atoms with Gasteiger partial charge in [-0.25, -0.2) is 13.4 Å². The van der Waals surface area contributed by atoms with E-state index in [0.717, 1.165) is 4.31 Å². The Morgan fingerprint density at radius 1 is 1.13 bits per heavy atom. The zero-order chi connectivity index (χ0) is 28.2. The SMILES string of the molecule is CC(C)C[C@H](NC(=O)c1cnc2ccccc2n1)C(=O)NC1CCCN(S(=O)(=O)c2cccc(Cl)c2)CC1=O. The van der Waals surface area contributed by atoms with Crippen molar-refractivity contribution in [3.8, 4) is 0 Å². The minimum Gasteiger partial charge on any atom is -0.344 e. The van der Waals surface area contributed by atoms with Gasteiger partial charge in [0.1, 0.15) is 11.7 Å². The summed E-state index contributed by atoms with van der Waals surface area (Å²) in [4.78, 5) is 47.9. The topological polar surface area (TPSA) is 138 Å². The van der Waals surface area contributed by atoms with Crippen LogP contribution in [0.15, 0.2) is 59.6 Å². The van der Waals surface area contributed by atoms with Gasteiger partial charge in [0.15, 0.2) is 5.78 Å². The summed E-state index contributed by atoms with van der Waals surface area (Å²) in [5, 5.41) is 5.74. The molecule has 1 aliphatic rings. The van der Waals surface area contributed by atoms with Crippen LogP contribution in [0, 0.1) is 5.92 Å². The Bertz CT molecular complexity index is 1500. The number of carbonyl (C=O) groups is 3. The molecule has 0 aliphatic carbocycles. The fourth-order valence-electron chi connectivity index (χ4n) is 4.40. The average molecular weight is 572 g/mol. The molecule has 3 aromatic rings. The Morgan fingerprint density at radius 3 is 2.59 bits per heavy atom. The quantitative estimate of drug-likeness (QED) is 0.424. The van der Waals surface area contributed by atoms with Crippen LogP contribution in [0.2, 0.25) is 5.02 Å². The van der Waals surface area contributed by atoms with Crippen LogP contribution < -0.4 is 10.6 Å². The molecule has 1 unspecified atom stereocenters. The van der Waals surface area contributed by atoms with Gasteiger partial charge in [-0.1, -0.05) is 43.6 Å². The van der Waals surface area contributed by atoms with Gasteiger partial charge in [-0.3, -0.25) is 19.4 Å². The van der Waals surface area contributed by atoms with E-state index in [2.05, 4.69) is 20.6 Å².